The Morgan fingerprint density at radius 3 is 3.06 bits per heavy atom. The van der Waals surface area contributed by atoms with Gasteiger partial charge in [-0.3, -0.25) is 9.48 Å². The van der Waals surface area contributed by atoms with Gasteiger partial charge in [0, 0.05) is 24.0 Å². The first-order chi connectivity index (χ1) is 8.74. The van der Waals surface area contributed by atoms with E-state index in [1.165, 1.54) is 0 Å². The van der Waals surface area contributed by atoms with Crippen LogP contribution in [0, 0.1) is 0 Å². The summed E-state index contributed by atoms with van der Waals surface area (Å²) in [6, 6.07) is 5.81. The van der Waals surface area contributed by atoms with Crippen LogP contribution in [0.5, 0.6) is 0 Å². The minimum atomic E-state index is 0.00219. The minimum Gasteiger partial charge on any atom is -0.330 e. The van der Waals surface area contributed by atoms with Gasteiger partial charge in [-0.2, -0.15) is 5.10 Å². The van der Waals surface area contributed by atoms with Crippen LogP contribution in [0.2, 0.25) is 0 Å². The molecule has 5 nitrogen and oxygen atoms in total. The van der Waals surface area contributed by atoms with Gasteiger partial charge in [0.25, 0.3) is 0 Å². The van der Waals surface area contributed by atoms with Gasteiger partial charge >= 0.3 is 0 Å². The van der Waals surface area contributed by atoms with Crippen molar-refractivity contribution < 1.29 is 4.79 Å². The van der Waals surface area contributed by atoms with Crippen molar-refractivity contribution in [3.63, 3.8) is 0 Å². The molecule has 1 amide bonds. The Morgan fingerprint density at radius 1 is 1.50 bits per heavy atom. The number of nitrogens with one attached hydrogen (secondary N) is 1. The number of carbonyl (C=O) groups is 1. The number of benzene rings is 1. The molecule has 1 aromatic carbocycles. The predicted molar refractivity (Wildman–Crippen MR) is 72.3 cm³/mol. The molecule has 0 radical (unpaired) electrons. The average Bonchev–Trinajstić information content (AvgIpc) is 2.78. The molecule has 0 spiro atoms. The molecular weight excluding hydrogens is 228 g/mol. The van der Waals surface area contributed by atoms with Crippen molar-refractivity contribution in [1.82, 2.24) is 9.78 Å². The van der Waals surface area contributed by atoms with E-state index in [0.717, 1.165) is 23.1 Å². The molecule has 2 rings (SSSR count). The van der Waals surface area contributed by atoms with E-state index in [9.17, 15) is 4.79 Å². The van der Waals surface area contributed by atoms with Crippen LogP contribution in [0.25, 0.3) is 10.9 Å². The highest BCUT2D eigenvalue weighted by molar-refractivity contribution is 5.93. The van der Waals surface area contributed by atoms with E-state index >= 15 is 0 Å². The van der Waals surface area contributed by atoms with Gasteiger partial charge in [-0.1, -0.05) is 0 Å². The molecule has 0 atom stereocenters. The van der Waals surface area contributed by atoms with Crippen molar-refractivity contribution in [3.8, 4) is 0 Å². The standard InChI is InChI=1S/C13H18N4O/c1-2-17-12-8-11(6-5-10(12)9-15-17)16-13(18)4-3-7-14/h5-6,8-9H,2-4,7,14H2,1H3,(H,16,18). The summed E-state index contributed by atoms with van der Waals surface area (Å²) in [4.78, 5) is 11.6. The Balaban J connectivity index is 2.16. The Morgan fingerprint density at radius 2 is 2.33 bits per heavy atom. The quantitative estimate of drug-likeness (QED) is 0.844. The fourth-order valence-electron chi connectivity index (χ4n) is 1.89. The van der Waals surface area contributed by atoms with E-state index in [1.54, 1.807) is 0 Å². The SMILES string of the molecule is CCn1ncc2ccc(NC(=O)CCCN)cc21. The second-order valence-electron chi connectivity index (χ2n) is 4.17. The molecule has 3 N–H and O–H groups in total. The zero-order chi connectivity index (χ0) is 13.0. The average molecular weight is 246 g/mol. The number of anilines is 1. The maximum absolute atomic E-state index is 11.6. The number of aromatic nitrogens is 2. The van der Waals surface area contributed by atoms with Crippen molar-refractivity contribution in [2.45, 2.75) is 26.3 Å². The third-order valence-corrected chi connectivity index (χ3v) is 2.84. The van der Waals surface area contributed by atoms with Crippen LogP contribution in [0.3, 0.4) is 0 Å². The number of hydrogen-bond acceptors (Lipinski definition) is 3. The van der Waals surface area contributed by atoms with E-state index in [1.807, 2.05) is 36.0 Å². The molecule has 18 heavy (non-hydrogen) atoms. The third-order valence-electron chi connectivity index (χ3n) is 2.84. The summed E-state index contributed by atoms with van der Waals surface area (Å²) in [5.41, 5.74) is 7.22. The van der Waals surface area contributed by atoms with Crippen LogP contribution in [-0.4, -0.2) is 22.2 Å². The normalized spacial score (nSPS) is 10.8. The zero-order valence-corrected chi connectivity index (χ0v) is 10.5. The lowest BCUT2D eigenvalue weighted by Crippen LogP contribution is -2.13. The lowest BCUT2D eigenvalue weighted by atomic mass is 10.2. The molecule has 0 fully saturated rings. The van der Waals surface area contributed by atoms with Gasteiger partial charge in [0.15, 0.2) is 0 Å². The third kappa shape index (κ3) is 2.68. The van der Waals surface area contributed by atoms with Crippen LogP contribution >= 0.6 is 0 Å². The number of rotatable bonds is 5. The highest BCUT2D eigenvalue weighted by atomic mass is 16.1. The fourth-order valence-corrected chi connectivity index (χ4v) is 1.89. The van der Waals surface area contributed by atoms with Crippen LogP contribution < -0.4 is 11.1 Å². The van der Waals surface area contributed by atoms with Gasteiger partial charge in [-0.15, -0.1) is 0 Å². The molecule has 0 aliphatic carbocycles. The Bertz CT molecular complexity index is 547. The van der Waals surface area contributed by atoms with Crippen molar-refractivity contribution in [2.24, 2.45) is 5.73 Å². The molecule has 5 heteroatoms. The van der Waals surface area contributed by atoms with Crippen molar-refractivity contribution >= 4 is 22.5 Å². The number of hydrogen-bond donors (Lipinski definition) is 2. The van der Waals surface area contributed by atoms with Gasteiger partial charge in [0.2, 0.25) is 5.91 Å². The molecule has 0 aliphatic heterocycles. The van der Waals surface area contributed by atoms with E-state index in [0.29, 0.717) is 19.4 Å². The van der Waals surface area contributed by atoms with Crippen LogP contribution in [0.4, 0.5) is 5.69 Å². The molecule has 0 aliphatic rings. The highest BCUT2D eigenvalue weighted by Crippen LogP contribution is 2.19. The Kier molecular flexibility index (Phi) is 3.94. The molecule has 96 valence electrons. The molecular formula is C13H18N4O. The maximum Gasteiger partial charge on any atom is 0.224 e. The molecule has 0 bridgehead atoms. The number of nitrogens with zero attached hydrogens (tertiary/aromatic N) is 2. The molecule has 0 saturated heterocycles. The topological polar surface area (TPSA) is 72.9 Å². The highest BCUT2D eigenvalue weighted by Gasteiger charge is 2.05. The first-order valence-electron chi connectivity index (χ1n) is 6.20. The fraction of sp³-hybridized carbons (Fsp3) is 0.385. The largest absolute Gasteiger partial charge is 0.330 e. The zero-order valence-electron chi connectivity index (χ0n) is 10.5. The van der Waals surface area contributed by atoms with Crippen molar-refractivity contribution in [3.05, 3.63) is 24.4 Å². The van der Waals surface area contributed by atoms with Crippen LogP contribution in [0.1, 0.15) is 19.8 Å². The van der Waals surface area contributed by atoms with Crippen LogP contribution in [-0.2, 0) is 11.3 Å². The van der Waals surface area contributed by atoms with E-state index < -0.39 is 0 Å². The van der Waals surface area contributed by atoms with Crippen LogP contribution in [0.15, 0.2) is 24.4 Å². The molecule has 2 aromatic rings. The van der Waals surface area contributed by atoms with Gasteiger partial charge in [-0.05, 0) is 38.1 Å². The summed E-state index contributed by atoms with van der Waals surface area (Å²) >= 11 is 0. The first kappa shape index (κ1) is 12.6. The summed E-state index contributed by atoms with van der Waals surface area (Å²) in [6.45, 7) is 3.39. The van der Waals surface area contributed by atoms with Gasteiger partial charge < -0.3 is 11.1 Å². The summed E-state index contributed by atoms with van der Waals surface area (Å²) < 4.78 is 1.91. The molecule has 1 aromatic heterocycles. The van der Waals surface area contributed by atoms with E-state index in [-0.39, 0.29) is 5.91 Å². The Hall–Kier alpha value is -1.88. The van der Waals surface area contributed by atoms with Crippen molar-refractivity contribution in [1.29, 1.82) is 0 Å². The first-order valence-corrected chi connectivity index (χ1v) is 6.20. The number of nitrogens with two attached hydrogens (primary N) is 1. The molecule has 1 heterocycles. The second kappa shape index (κ2) is 5.64. The minimum absolute atomic E-state index is 0.00219. The number of aryl methyl sites for hydroxylation is 1. The van der Waals surface area contributed by atoms with Gasteiger partial charge in [0.1, 0.15) is 0 Å². The number of fused-ring (bicyclic) bond motifs is 1. The lowest BCUT2D eigenvalue weighted by molar-refractivity contribution is -0.116. The van der Waals surface area contributed by atoms with Gasteiger partial charge in [-0.25, -0.2) is 0 Å². The smallest absolute Gasteiger partial charge is 0.224 e. The van der Waals surface area contributed by atoms with Crippen molar-refractivity contribution in [2.75, 3.05) is 11.9 Å². The summed E-state index contributed by atoms with van der Waals surface area (Å²) in [5.74, 6) is 0.00219. The summed E-state index contributed by atoms with van der Waals surface area (Å²) in [5, 5.41) is 8.23. The van der Waals surface area contributed by atoms with E-state index in [4.69, 9.17) is 5.73 Å². The number of carbonyl (C=O) groups excluding carboxylic acids is 1. The van der Waals surface area contributed by atoms with Gasteiger partial charge in [0.05, 0.1) is 11.7 Å². The predicted octanol–water partition coefficient (Wildman–Crippen LogP) is 1.73. The Labute approximate surface area is 106 Å². The molecule has 0 saturated carbocycles. The molecule has 0 unspecified atom stereocenters. The lowest BCUT2D eigenvalue weighted by Gasteiger charge is -2.06. The number of amides is 1. The maximum atomic E-state index is 11.6. The van der Waals surface area contributed by atoms with E-state index in [2.05, 4.69) is 10.4 Å². The summed E-state index contributed by atoms with van der Waals surface area (Å²) in [7, 11) is 0. The second-order valence-corrected chi connectivity index (χ2v) is 4.17. The summed E-state index contributed by atoms with van der Waals surface area (Å²) in [6.07, 6.45) is 3.00. The monoisotopic (exact) mass is 246 g/mol.